The Balaban J connectivity index is 2.82. The minimum atomic E-state index is -1.03. The van der Waals surface area contributed by atoms with E-state index in [1.165, 1.54) is 14.2 Å². The zero-order chi connectivity index (χ0) is 15.3. The maximum Gasteiger partial charge on any atom is 0.326 e. The maximum absolute atomic E-state index is 12.0. The normalized spacial score (nSPS) is 11.6. The monoisotopic (exact) mass is 344 g/mol. The van der Waals surface area contributed by atoms with Crippen LogP contribution in [0.4, 0.5) is 10.5 Å². The van der Waals surface area contributed by atoms with E-state index in [1.807, 2.05) is 0 Å². The molecule has 0 bridgehead atoms. The number of hydrogen-bond acceptors (Lipinski definition) is 3. The van der Waals surface area contributed by atoms with Crippen LogP contribution in [0.1, 0.15) is 13.3 Å². The second-order valence-electron chi connectivity index (χ2n) is 4.15. The van der Waals surface area contributed by atoms with Crippen LogP contribution in [0.25, 0.3) is 0 Å². The van der Waals surface area contributed by atoms with Crippen LogP contribution in [0.3, 0.4) is 0 Å². The van der Waals surface area contributed by atoms with E-state index in [9.17, 15) is 9.59 Å². The number of amides is 2. The zero-order valence-corrected chi connectivity index (χ0v) is 13.1. The molecule has 0 aliphatic rings. The highest BCUT2D eigenvalue weighted by Crippen LogP contribution is 2.28. The Morgan fingerprint density at radius 3 is 2.65 bits per heavy atom. The number of nitrogens with zero attached hydrogens (tertiary/aromatic N) is 1. The summed E-state index contributed by atoms with van der Waals surface area (Å²) >= 11 is 3.31. The fourth-order valence-corrected chi connectivity index (χ4v) is 2.11. The fourth-order valence-electron chi connectivity index (χ4n) is 1.70. The third-order valence-corrected chi connectivity index (χ3v) is 3.52. The molecule has 0 aliphatic heterocycles. The highest BCUT2D eigenvalue weighted by atomic mass is 79.9. The van der Waals surface area contributed by atoms with Crippen molar-refractivity contribution in [2.24, 2.45) is 0 Å². The summed E-state index contributed by atoms with van der Waals surface area (Å²) < 4.78 is 5.90. The minimum Gasteiger partial charge on any atom is -0.495 e. The average molecular weight is 345 g/mol. The van der Waals surface area contributed by atoms with Crippen molar-refractivity contribution in [2.45, 2.75) is 19.4 Å². The zero-order valence-electron chi connectivity index (χ0n) is 11.5. The number of carbonyl (C=O) groups is 2. The molecule has 0 fully saturated rings. The highest BCUT2D eigenvalue weighted by molar-refractivity contribution is 9.10. The van der Waals surface area contributed by atoms with Crippen LogP contribution in [0.15, 0.2) is 22.7 Å². The average Bonchev–Trinajstić information content (AvgIpc) is 2.41. The first-order valence-corrected chi connectivity index (χ1v) is 6.80. The summed E-state index contributed by atoms with van der Waals surface area (Å²) in [6.07, 6.45) is 0.336. The Morgan fingerprint density at radius 2 is 2.15 bits per heavy atom. The van der Waals surface area contributed by atoms with E-state index in [0.717, 1.165) is 9.37 Å². The molecule has 0 spiro atoms. The number of methoxy groups -OCH3 is 1. The number of anilines is 1. The Hall–Kier alpha value is -1.76. The molecule has 0 radical (unpaired) electrons. The van der Waals surface area contributed by atoms with Crippen molar-refractivity contribution in [2.75, 3.05) is 19.5 Å². The molecule has 0 aliphatic carbocycles. The van der Waals surface area contributed by atoms with Gasteiger partial charge < -0.3 is 20.1 Å². The minimum absolute atomic E-state index is 0.336. The van der Waals surface area contributed by atoms with E-state index in [4.69, 9.17) is 9.84 Å². The van der Waals surface area contributed by atoms with E-state index in [-0.39, 0.29) is 0 Å². The SMILES string of the molecule is CCC(C(=O)O)N(C)C(=O)Nc1ccc(Br)c(OC)c1. The number of hydrogen-bond donors (Lipinski definition) is 2. The van der Waals surface area contributed by atoms with Gasteiger partial charge in [0, 0.05) is 18.8 Å². The van der Waals surface area contributed by atoms with Gasteiger partial charge in [0.25, 0.3) is 0 Å². The van der Waals surface area contributed by atoms with Crippen LogP contribution in [0, 0.1) is 0 Å². The quantitative estimate of drug-likeness (QED) is 0.860. The van der Waals surface area contributed by atoms with Crippen molar-refractivity contribution in [3.8, 4) is 5.75 Å². The van der Waals surface area contributed by atoms with Gasteiger partial charge in [-0.25, -0.2) is 9.59 Å². The lowest BCUT2D eigenvalue weighted by molar-refractivity contribution is -0.141. The predicted molar refractivity (Wildman–Crippen MR) is 79.2 cm³/mol. The molecule has 110 valence electrons. The van der Waals surface area contributed by atoms with Crippen molar-refractivity contribution in [3.05, 3.63) is 22.7 Å². The second-order valence-corrected chi connectivity index (χ2v) is 5.01. The van der Waals surface area contributed by atoms with Gasteiger partial charge in [-0.1, -0.05) is 6.92 Å². The summed E-state index contributed by atoms with van der Waals surface area (Å²) in [4.78, 5) is 24.2. The molecule has 1 aromatic carbocycles. The molecular weight excluding hydrogens is 328 g/mol. The van der Waals surface area contributed by atoms with Crippen LogP contribution >= 0.6 is 15.9 Å². The summed E-state index contributed by atoms with van der Waals surface area (Å²) in [6, 6.07) is 3.75. The van der Waals surface area contributed by atoms with Gasteiger partial charge in [-0.15, -0.1) is 0 Å². The molecule has 0 saturated carbocycles. The first-order chi connectivity index (χ1) is 9.40. The number of carboxylic acids is 1. The molecule has 0 heterocycles. The maximum atomic E-state index is 12.0. The molecule has 2 amide bonds. The summed E-state index contributed by atoms with van der Waals surface area (Å²) in [5.74, 6) is -0.450. The standard InChI is InChI=1S/C13H17BrN2O4/c1-4-10(12(17)18)16(2)13(19)15-8-5-6-9(14)11(7-8)20-3/h5-7,10H,4H2,1-3H3,(H,15,19)(H,17,18). The molecule has 0 saturated heterocycles. The number of carboxylic acid groups (broad SMARTS) is 1. The Labute approximate surface area is 125 Å². The Morgan fingerprint density at radius 1 is 1.50 bits per heavy atom. The van der Waals surface area contributed by atoms with E-state index in [2.05, 4.69) is 21.2 Å². The first-order valence-electron chi connectivity index (χ1n) is 6.00. The van der Waals surface area contributed by atoms with E-state index in [1.54, 1.807) is 25.1 Å². The largest absolute Gasteiger partial charge is 0.495 e. The molecule has 7 heteroatoms. The fraction of sp³-hybridized carbons (Fsp3) is 0.385. The second kappa shape index (κ2) is 7.14. The van der Waals surface area contributed by atoms with E-state index >= 15 is 0 Å². The lowest BCUT2D eigenvalue weighted by atomic mass is 10.2. The number of ether oxygens (including phenoxy) is 1. The number of halogens is 1. The van der Waals surface area contributed by atoms with Crippen molar-refractivity contribution in [1.29, 1.82) is 0 Å². The third-order valence-electron chi connectivity index (χ3n) is 2.86. The first kappa shape index (κ1) is 16.3. The molecule has 1 aromatic rings. The Bertz CT molecular complexity index is 507. The number of likely N-dealkylation sites (N-methyl/N-ethyl adjacent to an activating group) is 1. The van der Waals surface area contributed by atoms with E-state index in [0.29, 0.717) is 17.9 Å². The Kier molecular flexibility index (Phi) is 5.82. The van der Waals surface area contributed by atoms with Gasteiger partial charge in [0.1, 0.15) is 11.8 Å². The third kappa shape index (κ3) is 3.86. The number of nitrogens with one attached hydrogen (secondary N) is 1. The van der Waals surface area contributed by atoms with Crippen molar-refractivity contribution in [3.63, 3.8) is 0 Å². The lowest BCUT2D eigenvalue weighted by Crippen LogP contribution is -2.44. The smallest absolute Gasteiger partial charge is 0.326 e. The number of rotatable bonds is 5. The summed E-state index contributed by atoms with van der Waals surface area (Å²) in [7, 11) is 2.98. The highest BCUT2D eigenvalue weighted by Gasteiger charge is 2.24. The number of carbonyl (C=O) groups excluding carboxylic acids is 1. The molecule has 1 rings (SSSR count). The van der Waals surface area contributed by atoms with E-state index < -0.39 is 18.0 Å². The van der Waals surface area contributed by atoms with Gasteiger partial charge in [0.05, 0.1) is 11.6 Å². The van der Waals surface area contributed by atoms with Crippen molar-refractivity contribution < 1.29 is 19.4 Å². The molecule has 1 atom stereocenters. The van der Waals surface area contributed by atoms with Gasteiger partial charge in [0.15, 0.2) is 0 Å². The predicted octanol–water partition coefficient (Wildman–Crippen LogP) is 2.78. The van der Waals surface area contributed by atoms with Crippen LogP contribution < -0.4 is 10.1 Å². The molecule has 0 aromatic heterocycles. The molecule has 6 nitrogen and oxygen atoms in total. The summed E-state index contributed by atoms with van der Waals surface area (Å²) in [5.41, 5.74) is 0.530. The van der Waals surface area contributed by atoms with Crippen molar-refractivity contribution in [1.82, 2.24) is 4.90 Å². The van der Waals surface area contributed by atoms with Gasteiger partial charge in [-0.05, 0) is 34.5 Å². The van der Waals surface area contributed by atoms with Crippen LogP contribution in [0.2, 0.25) is 0 Å². The van der Waals surface area contributed by atoms with Crippen molar-refractivity contribution >= 4 is 33.6 Å². The lowest BCUT2D eigenvalue weighted by Gasteiger charge is -2.24. The molecule has 1 unspecified atom stereocenters. The number of benzene rings is 1. The summed E-state index contributed by atoms with van der Waals surface area (Å²) in [5, 5.41) is 11.7. The van der Waals surface area contributed by atoms with Gasteiger partial charge in [-0.2, -0.15) is 0 Å². The molecule has 20 heavy (non-hydrogen) atoms. The summed E-state index contributed by atoms with van der Waals surface area (Å²) in [6.45, 7) is 1.71. The van der Waals surface area contributed by atoms with Crippen LogP contribution in [0.5, 0.6) is 5.75 Å². The van der Waals surface area contributed by atoms with Gasteiger partial charge >= 0.3 is 12.0 Å². The van der Waals surface area contributed by atoms with Crippen LogP contribution in [-0.4, -0.2) is 42.2 Å². The number of urea groups is 1. The topological polar surface area (TPSA) is 78.9 Å². The molecular formula is C13H17BrN2O4. The van der Waals surface area contributed by atoms with Crippen LogP contribution in [-0.2, 0) is 4.79 Å². The number of aliphatic carboxylic acids is 1. The molecule has 2 N–H and O–H groups in total. The van der Waals surface area contributed by atoms with Gasteiger partial charge in [0.2, 0.25) is 0 Å². The van der Waals surface area contributed by atoms with Gasteiger partial charge in [-0.3, -0.25) is 0 Å².